The molecule has 0 aliphatic carbocycles. The lowest BCUT2D eigenvalue weighted by Gasteiger charge is -2.21. The molecule has 0 saturated carbocycles. The third-order valence-electron chi connectivity index (χ3n) is 3.43. The van der Waals surface area contributed by atoms with Crippen LogP contribution >= 0.6 is 12.2 Å². The van der Waals surface area contributed by atoms with Crippen LogP contribution in [0.25, 0.3) is 0 Å². The number of nitrogens with zero attached hydrogens (tertiary/aromatic N) is 1. The maximum absolute atomic E-state index is 12.1. The van der Waals surface area contributed by atoms with Gasteiger partial charge >= 0.3 is 0 Å². The van der Waals surface area contributed by atoms with Gasteiger partial charge in [0.25, 0.3) is 5.91 Å². The Morgan fingerprint density at radius 2 is 2.29 bits per heavy atom. The zero-order valence-corrected chi connectivity index (χ0v) is 12.9. The number of benzene rings is 1. The zero-order chi connectivity index (χ0) is 15.2. The molecular weight excluding hydrogens is 288 g/mol. The van der Waals surface area contributed by atoms with Crippen LogP contribution in [0.3, 0.4) is 0 Å². The summed E-state index contributed by atoms with van der Waals surface area (Å²) in [5, 5.41) is 0. The van der Waals surface area contributed by atoms with Crippen LogP contribution < -0.4 is 10.5 Å². The van der Waals surface area contributed by atoms with Crippen molar-refractivity contribution < 1.29 is 14.3 Å². The van der Waals surface area contributed by atoms with E-state index in [0.717, 1.165) is 19.4 Å². The summed E-state index contributed by atoms with van der Waals surface area (Å²) in [5.74, 6) is 0.437. The lowest BCUT2D eigenvalue weighted by atomic mass is 10.2. The van der Waals surface area contributed by atoms with Gasteiger partial charge in [0.1, 0.15) is 10.7 Å². The van der Waals surface area contributed by atoms with Crippen LogP contribution in [0.5, 0.6) is 5.75 Å². The maximum atomic E-state index is 12.1. The Kier molecular flexibility index (Phi) is 5.52. The van der Waals surface area contributed by atoms with Gasteiger partial charge in [-0.2, -0.15) is 0 Å². The summed E-state index contributed by atoms with van der Waals surface area (Å²) in [6.07, 6.45) is 2.20. The first-order chi connectivity index (χ1) is 10.1. The highest BCUT2D eigenvalue weighted by Crippen LogP contribution is 2.18. The lowest BCUT2D eigenvalue weighted by molar-refractivity contribution is -0.133. The van der Waals surface area contributed by atoms with E-state index in [2.05, 4.69) is 0 Å². The summed E-state index contributed by atoms with van der Waals surface area (Å²) in [6.45, 7) is 1.34. The van der Waals surface area contributed by atoms with Gasteiger partial charge in [-0.3, -0.25) is 4.79 Å². The van der Waals surface area contributed by atoms with Crippen LogP contribution in [0, 0.1) is 0 Å². The molecular formula is C15H20N2O3S. The average Bonchev–Trinajstić information content (AvgIpc) is 2.97. The Morgan fingerprint density at radius 1 is 1.52 bits per heavy atom. The van der Waals surface area contributed by atoms with Gasteiger partial charge in [0.2, 0.25) is 0 Å². The second-order valence-corrected chi connectivity index (χ2v) is 5.50. The third-order valence-corrected chi connectivity index (χ3v) is 3.65. The summed E-state index contributed by atoms with van der Waals surface area (Å²) in [5.41, 5.74) is 6.27. The van der Waals surface area contributed by atoms with Crippen molar-refractivity contribution in [3.8, 4) is 5.75 Å². The van der Waals surface area contributed by atoms with Crippen molar-refractivity contribution in [1.82, 2.24) is 4.90 Å². The van der Waals surface area contributed by atoms with Crippen molar-refractivity contribution in [2.45, 2.75) is 18.9 Å². The fraction of sp³-hybridized carbons (Fsp3) is 0.467. The normalized spacial score (nSPS) is 17.5. The number of likely N-dealkylation sites (N-methyl/N-ethyl adjacent to an activating group) is 1. The molecule has 1 aromatic carbocycles. The maximum Gasteiger partial charge on any atom is 0.260 e. The monoisotopic (exact) mass is 308 g/mol. The van der Waals surface area contributed by atoms with Gasteiger partial charge < -0.3 is 20.1 Å². The van der Waals surface area contributed by atoms with Crippen molar-refractivity contribution in [3.63, 3.8) is 0 Å². The first-order valence-corrected chi connectivity index (χ1v) is 7.36. The van der Waals surface area contributed by atoms with E-state index in [4.69, 9.17) is 27.4 Å². The quantitative estimate of drug-likeness (QED) is 0.803. The molecule has 1 unspecified atom stereocenters. The average molecular weight is 308 g/mol. The number of ether oxygens (including phenoxy) is 2. The predicted molar refractivity (Wildman–Crippen MR) is 84.4 cm³/mol. The molecule has 1 aromatic rings. The lowest BCUT2D eigenvalue weighted by Crippen LogP contribution is -2.37. The SMILES string of the molecule is CN(CC1CCCO1)C(=O)COc1ccccc1C(N)=S. The number of thiocarbonyl (C=S) groups is 1. The minimum Gasteiger partial charge on any atom is -0.483 e. The van der Waals surface area contributed by atoms with E-state index < -0.39 is 0 Å². The van der Waals surface area contributed by atoms with Gasteiger partial charge in [0.05, 0.1) is 11.7 Å². The zero-order valence-electron chi connectivity index (χ0n) is 12.1. The highest BCUT2D eigenvalue weighted by Gasteiger charge is 2.20. The van der Waals surface area contributed by atoms with Crippen molar-refractivity contribution in [3.05, 3.63) is 29.8 Å². The fourth-order valence-corrected chi connectivity index (χ4v) is 2.41. The van der Waals surface area contributed by atoms with Gasteiger partial charge in [-0.05, 0) is 25.0 Å². The largest absolute Gasteiger partial charge is 0.483 e. The molecule has 21 heavy (non-hydrogen) atoms. The number of amides is 1. The molecule has 5 nitrogen and oxygen atoms in total. The molecule has 0 radical (unpaired) electrons. The third kappa shape index (κ3) is 4.41. The molecule has 1 amide bonds. The molecule has 0 aromatic heterocycles. The van der Waals surface area contributed by atoms with Gasteiger partial charge in [-0.15, -0.1) is 0 Å². The highest BCUT2D eigenvalue weighted by molar-refractivity contribution is 7.80. The smallest absolute Gasteiger partial charge is 0.260 e. The number of nitrogens with two attached hydrogens (primary N) is 1. The number of para-hydroxylation sites is 1. The van der Waals surface area contributed by atoms with Crippen LogP contribution in [0.1, 0.15) is 18.4 Å². The number of carbonyl (C=O) groups is 1. The standard InChI is InChI=1S/C15H20N2O3S/c1-17(9-11-5-4-8-19-11)14(18)10-20-13-7-3-2-6-12(13)15(16)21/h2-3,6-7,11H,4-5,8-10H2,1H3,(H2,16,21). The summed E-state index contributed by atoms with van der Waals surface area (Å²) >= 11 is 4.96. The van der Waals surface area contributed by atoms with Gasteiger partial charge in [0, 0.05) is 20.2 Å². The molecule has 0 bridgehead atoms. The van der Waals surface area contributed by atoms with Crippen molar-refractivity contribution in [1.29, 1.82) is 0 Å². The topological polar surface area (TPSA) is 64.8 Å². The molecule has 6 heteroatoms. The molecule has 1 aliphatic rings. The van der Waals surface area contributed by atoms with Crippen LogP contribution in [0.15, 0.2) is 24.3 Å². The highest BCUT2D eigenvalue weighted by atomic mass is 32.1. The molecule has 1 saturated heterocycles. The molecule has 1 heterocycles. The second kappa shape index (κ2) is 7.38. The predicted octanol–water partition coefficient (Wildman–Crippen LogP) is 1.34. The number of hydrogen-bond acceptors (Lipinski definition) is 4. The molecule has 2 rings (SSSR count). The van der Waals surface area contributed by atoms with Gasteiger partial charge in [-0.25, -0.2) is 0 Å². The number of carbonyl (C=O) groups excluding carboxylic acids is 1. The van der Waals surface area contributed by atoms with Crippen LogP contribution in [-0.2, 0) is 9.53 Å². The van der Waals surface area contributed by atoms with E-state index in [1.165, 1.54) is 0 Å². The van der Waals surface area contributed by atoms with Crippen LogP contribution in [0.4, 0.5) is 0 Å². The van der Waals surface area contributed by atoms with E-state index >= 15 is 0 Å². The molecule has 1 atom stereocenters. The first-order valence-electron chi connectivity index (χ1n) is 6.95. The minimum atomic E-state index is -0.0942. The van der Waals surface area contributed by atoms with Crippen molar-refractivity contribution in [2.24, 2.45) is 5.73 Å². The molecule has 0 spiro atoms. The van der Waals surface area contributed by atoms with E-state index in [9.17, 15) is 4.79 Å². The van der Waals surface area contributed by atoms with Crippen LogP contribution in [0.2, 0.25) is 0 Å². The summed E-state index contributed by atoms with van der Waals surface area (Å²) in [6, 6.07) is 7.17. The Morgan fingerprint density at radius 3 is 2.95 bits per heavy atom. The Hall–Kier alpha value is -1.66. The minimum absolute atomic E-state index is 0.0388. The van der Waals surface area contributed by atoms with Crippen molar-refractivity contribution >= 4 is 23.1 Å². The van der Waals surface area contributed by atoms with Crippen molar-refractivity contribution in [2.75, 3.05) is 26.8 Å². The molecule has 1 fully saturated rings. The summed E-state index contributed by atoms with van der Waals surface area (Å²) in [7, 11) is 1.76. The van der Waals surface area contributed by atoms with Gasteiger partial charge in [-0.1, -0.05) is 24.4 Å². The van der Waals surface area contributed by atoms with E-state index in [1.54, 1.807) is 24.1 Å². The fourth-order valence-electron chi connectivity index (χ4n) is 2.24. The van der Waals surface area contributed by atoms with E-state index in [-0.39, 0.29) is 23.6 Å². The van der Waals surface area contributed by atoms with Crippen LogP contribution in [-0.4, -0.2) is 48.7 Å². The van der Waals surface area contributed by atoms with Gasteiger partial charge in [0.15, 0.2) is 6.61 Å². The molecule has 1 aliphatic heterocycles. The Bertz CT molecular complexity index is 515. The first kappa shape index (κ1) is 15.7. The summed E-state index contributed by atoms with van der Waals surface area (Å²) < 4.78 is 11.1. The second-order valence-electron chi connectivity index (χ2n) is 5.06. The molecule has 2 N–H and O–H groups in total. The van der Waals surface area contributed by atoms with E-state index in [1.807, 2.05) is 12.1 Å². The number of hydrogen-bond donors (Lipinski definition) is 1. The Labute approximate surface area is 130 Å². The molecule has 114 valence electrons. The number of rotatable bonds is 6. The Balaban J connectivity index is 1.87. The summed E-state index contributed by atoms with van der Waals surface area (Å²) in [4.78, 5) is 14.0. The van der Waals surface area contributed by atoms with E-state index in [0.29, 0.717) is 17.9 Å².